The number of rotatable bonds is 13. The predicted molar refractivity (Wildman–Crippen MR) is 166 cm³/mol. The molecule has 10 heteroatoms. The van der Waals surface area contributed by atoms with E-state index in [1.807, 2.05) is 66.7 Å². The number of fused-ring (bicyclic) bond motifs is 1. The first-order chi connectivity index (χ1) is 21.0. The number of aliphatic hydroxyl groups is 3. The molecule has 0 heterocycles. The number of aliphatic hydroxyl groups excluding tert-OH is 3. The van der Waals surface area contributed by atoms with Crippen LogP contribution in [0, 0.1) is 0 Å². The molecule has 0 radical (unpaired) electrons. The summed E-state index contributed by atoms with van der Waals surface area (Å²) in [6.45, 7) is 5.53. The van der Waals surface area contributed by atoms with Crippen molar-refractivity contribution in [3.63, 3.8) is 0 Å². The molecular formula is C34H43N3O7. The van der Waals surface area contributed by atoms with Crippen LogP contribution in [0.25, 0.3) is 0 Å². The normalized spacial score (nSPS) is 18.0. The lowest BCUT2D eigenvalue weighted by molar-refractivity contribution is -0.128. The van der Waals surface area contributed by atoms with Crippen molar-refractivity contribution in [2.75, 3.05) is 13.2 Å². The van der Waals surface area contributed by atoms with Crippen LogP contribution in [0.2, 0.25) is 0 Å². The molecule has 6 N–H and O–H groups in total. The van der Waals surface area contributed by atoms with Crippen molar-refractivity contribution < 1.29 is 34.4 Å². The zero-order valence-electron chi connectivity index (χ0n) is 25.4. The number of benzene rings is 3. The van der Waals surface area contributed by atoms with Gasteiger partial charge < -0.3 is 35.4 Å². The van der Waals surface area contributed by atoms with Crippen LogP contribution in [-0.4, -0.2) is 70.4 Å². The van der Waals surface area contributed by atoms with Crippen molar-refractivity contribution in [3.8, 4) is 5.75 Å². The van der Waals surface area contributed by atoms with Crippen molar-refractivity contribution in [2.24, 2.45) is 0 Å². The average Bonchev–Trinajstić information content (AvgIpc) is 3.30. The Bertz CT molecular complexity index is 1360. The van der Waals surface area contributed by atoms with E-state index in [0.29, 0.717) is 12.2 Å². The molecule has 1 aliphatic rings. The largest absolute Gasteiger partial charge is 0.491 e. The summed E-state index contributed by atoms with van der Waals surface area (Å²) in [5.41, 5.74) is 2.68. The molecule has 1 aliphatic carbocycles. The standard InChI is InChI=1S/C34H43N3O7/c1-34(2,3)44-33(42)36-27(19-22-9-5-4-6-10-22)31(40)30(35-21-23-13-15-25(16-14-23)43-18-17-38)32(41)37-29-26-12-8-7-11-24(26)20-28(29)39/h4-16,27-31,35,38-40H,17-21H2,1-3H3,(H,36,42)(H,37,41)/t27-,28+,29?,30+,31+/m0/s1. The summed E-state index contributed by atoms with van der Waals surface area (Å²) >= 11 is 0. The number of nitrogens with one attached hydrogen (secondary N) is 3. The Balaban J connectivity index is 1.59. The first-order valence-corrected chi connectivity index (χ1v) is 14.9. The summed E-state index contributed by atoms with van der Waals surface area (Å²) in [4.78, 5) is 26.8. The van der Waals surface area contributed by atoms with Crippen LogP contribution >= 0.6 is 0 Å². The van der Waals surface area contributed by atoms with Gasteiger partial charge in [0, 0.05) is 13.0 Å². The topological polar surface area (TPSA) is 149 Å². The number of alkyl carbamates (subject to hydrolysis) is 1. The fourth-order valence-electron chi connectivity index (χ4n) is 5.27. The van der Waals surface area contributed by atoms with Crippen LogP contribution < -0.4 is 20.7 Å². The van der Waals surface area contributed by atoms with Crippen LogP contribution in [-0.2, 0) is 28.9 Å². The molecule has 0 saturated carbocycles. The molecule has 0 aromatic heterocycles. The molecule has 0 aliphatic heterocycles. The third-order valence-electron chi connectivity index (χ3n) is 7.35. The molecule has 3 aromatic carbocycles. The number of carbonyl (C=O) groups is 2. The minimum Gasteiger partial charge on any atom is -0.491 e. The first-order valence-electron chi connectivity index (χ1n) is 14.9. The fraction of sp³-hybridized carbons (Fsp3) is 0.412. The second-order valence-electron chi connectivity index (χ2n) is 12.0. The van der Waals surface area contributed by atoms with E-state index >= 15 is 0 Å². The zero-order valence-corrected chi connectivity index (χ0v) is 25.4. The Morgan fingerprint density at radius 1 is 0.955 bits per heavy atom. The van der Waals surface area contributed by atoms with E-state index in [-0.39, 0.29) is 26.2 Å². The van der Waals surface area contributed by atoms with Gasteiger partial charge in [-0.25, -0.2) is 4.79 Å². The predicted octanol–water partition coefficient (Wildman–Crippen LogP) is 2.79. The van der Waals surface area contributed by atoms with Crippen LogP contribution in [0.1, 0.15) is 49.1 Å². The molecule has 5 atom stereocenters. The van der Waals surface area contributed by atoms with E-state index in [0.717, 1.165) is 22.3 Å². The van der Waals surface area contributed by atoms with Crippen LogP contribution in [0.4, 0.5) is 4.79 Å². The van der Waals surface area contributed by atoms with Gasteiger partial charge >= 0.3 is 6.09 Å². The Labute approximate surface area is 258 Å². The highest BCUT2D eigenvalue weighted by molar-refractivity contribution is 5.83. The third-order valence-corrected chi connectivity index (χ3v) is 7.35. The van der Waals surface area contributed by atoms with Crippen molar-refractivity contribution in [3.05, 3.63) is 101 Å². The maximum absolute atomic E-state index is 13.9. The van der Waals surface area contributed by atoms with E-state index in [2.05, 4.69) is 16.0 Å². The molecule has 236 valence electrons. The Morgan fingerprint density at radius 3 is 2.32 bits per heavy atom. The number of ether oxygens (including phenoxy) is 2. The number of amides is 2. The molecule has 0 saturated heterocycles. The van der Waals surface area contributed by atoms with Crippen molar-refractivity contribution >= 4 is 12.0 Å². The molecule has 44 heavy (non-hydrogen) atoms. The van der Waals surface area contributed by atoms with Crippen molar-refractivity contribution in [2.45, 2.75) is 76.1 Å². The average molecular weight is 606 g/mol. The van der Waals surface area contributed by atoms with Crippen LogP contribution in [0.3, 0.4) is 0 Å². The van der Waals surface area contributed by atoms with Gasteiger partial charge in [0.05, 0.1) is 30.9 Å². The summed E-state index contributed by atoms with van der Waals surface area (Å²) in [6, 6.07) is 21.3. The second kappa shape index (κ2) is 15.2. The van der Waals surface area contributed by atoms with Gasteiger partial charge in [-0.2, -0.15) is 0 Å². The summed E-state index contributed by atoms with van der Waals surface area (Å²) in [5.74, 6) is 0.0701. The van der Waals surface area contributed by atoms with Gasteiger partial charge in [0.25, 0.3) is 0 Å². The minimum atomic E-state index is -1.39. The monoisotopic (exact) mass is 605 g/mol. The highest BCUT2D eigenvalue weighted by atomic mass is 16.6. The van der Waals surface area contributed by atoms with Crippen molar-refractivity contribution in [1.29, 1.82) is 0 Å². The number of hydrogen-bond donors (Lipinski definition) is 6. The molecular weight excluding hydrogens is 562 g/mol. The molecule has 2 amide bonds. The summed E-state index contributed by atoms with van der Waals surface area (Å²) in [6.07, 6.45) is -2.28. The third kappa shape index (κ3) is 9.27. The molecule has 3 aromatic rings. The molecule has 0 fully saturated rings. The number of carbonyl (C=O) groups excluding carboxylic acids is 2. The lowest BCUT2D eigenvalue weighted by atomic mass is 9.95. The van der Waals surface area contributed by atoms with E-state index in [1.54, 1.807) is 32.9 Å². The Hall–Kier alpha value is -3.96. The molecule has 4 rings (SSSR count). The van der Waals surface area contributed by atoms with E-state index in [4.69, 9.17) is 14.6 Å². The Morgan fingerprint density at radius 2 is 1.64 bits per heavy atom. The summed E-state index contributed by atoms with van der Waals surface area (Å²) in [5, 5.41) is 40.5. The molecule has 0 bridgehead atoms. The lowest BCUT2D eigenvalue weighted by Crippen LogP contribution is -2.60. The first kappa shape index (κ1) is 32.9. The molecule has 10 nitrogen and oxygen atoms in total. The maximum Gasteiger partial charge on any atom is 0.407 e. The molecule has 0 spiro atoms. The van der Waals surface area contributed by atoms with Gasteiger partial charge in [-0.3, -0.25) is 10.1 Å². The second-order valence-corrected chi connectivity index (χ2v) is 12.0. The number of hydrogen-bond acceptors (Lipinski definition) is 8. The van der Waals surface area contributed by atoms with Crippen molar-refractivity contribution in [1.82, 2.24) is 16.0 Å². The summed E-state index contributed by atoms with van der Waals surface area (Å²) < 4.78 is 10.9. The smallest absolute Gasteiger partial charge is 0.407 e. The van der Waals surface area contributed by atoms with E-state index in [9.17, 15) is 19.8 Å². The van der Waals surface area contributed by atoms with E-state index in [1.165, 1.54) is 0 Å². The van der Waals surface area contributed by atoms with Gasteiger partial charge in [0.15, 0.2) is 0 Å². The maximum atomic E-state index is 13.9. The van der Waals surface area contributed by atoms with Gasteiger partial charge in [0.2, 0.25) is 5.91 Å². The van der Waals surface area contributed by atoms with Gasteiger partial charge in [0.1, 0.15) is 24.0 Å². The quantitative estimate of drug-likeness (QED) is 0.174. The lowest BCUT2D eigenvalue weighted by Gasteiger charge is -2.32. The molecule has 1 unspecified atom stereocenters. The summed E-state index contributed by atoms with van der Waals surface area (Å²) in [7, 11) is 0. The van der Waals surface area contributed by atoms with Gasteiger partial charge in [-0.15, -0.1) is 0 Å². The zero-order chi connectivity index (χ0) is 31.7. The highest BCUT2D eigenvalue weighted by Gasteiger charge is 2.38. The minimum absolute atomic E-state index is 0.0976. The van der Waals surface area contributed by atoms with Gasteiger partial charge in [-0.1, -0.05) is 66.7 Å². The Kier molecular flexibility index (Phi) is 11.4. The highest BCUT2D eigenvalue weighted by Crippen LogP contribution is 2.31. The van der Waals surface area contributed by atoms with E-state index < -0.39 is 47.9 Å². The van der Waals surface area contributed by atoms with Crippen LogP contribution in [0.15, 0.2) is 78.9 Å². The van der Waals surface area contributed by atoms with Crippen LogP contribution in [0.5, 0.6) is 5.75 Å². The SMILES string of the molecule is CC(C)(C)OC(=O)N[C@@H](Cc1ccccc1)[C@@H](O)[C@@H](NCc1ccc(OCCO)cc1)C(=O)NC1c2ccccc2C[C@H]1O. The van der Waals surface area contributed by atoms with Gasteiger partial charge in [-0.05, 0) is 61.6 Å². The fourth-order valence-corrected chi connectivity index (χ4v) is 5.27.